The molecule has 5 nitrogen and oxygen atoms in total. The lowest BCUT2D eigenvalue weighted by atomic mass is 9.86. The van der Waals surface area contributed by atoms with E-state index in [9.17, 15) is 13.2 Å². The summed E-state index contributed by atoms with van der Waals surface area (Å²) in [6.45, 7) is 9.69. The highest BCUT2D eigenvalue weighted by Crippen LogP contribution is 2.22. The number of carbonyl (C=O) groups is 1. The summed E-state index contributed by atoms with van der Waals surface area (Å²) < 4.78 is 25.2. The highest BCUT2D eigenvalue weighted by atomic mass is 32.2. The lowest BCUT2D eigenvalue weighted by Crippen LogP contribution is -2.50. The predicted molar refractivity (Wildman–Crippen MR) is 92.1 cm³/mol. The summed E-state index contributed by atoms with van der Waals surface area (Å²) in [5.74, 6) is 0.0777. The molecule has 128 valence electrons. The third-order valence-electron chi connectivity index (χ3n) is 4.28. The third-order valence-corrected chi connectivity index (χ3v) is 6.16. The van der Waals surface area contributed by atoms with Crippen LogP contribution in [0.2, 0.25) is 0 Å². The number of rotatable bonds is 3. The molecule has 1 saturated heterocycles. The third kappa shape index (κ3) is 4.12. The molecule has 0 N–H and O–H groups in total. The number of piperazine rings is 1. The Bertz CT molecular complexity index is 652. The Hall–Kier alpha value is -1.40. The molecule has 1 aliphatic rings. The average Bonchev–Trinajstić information content (AvgIpc) is 2.53. The van der Waals surface area contributed by atoms with Crippen LogP contribution < -0.4 is 0 Å². The van der Waals surface area contributed by atoms with Gasteiger partial charge in [0.15, 0.2) is 0 Å². The summed E-state index contributed by atoms with van der Waals surface area (Å²) in [5, 5.41) is 0. The summed E-state index contributed by atoms with van der Waals surface area (Å²) in [6.07, 6.45) is 0. The molecule has 1 heterocycles. The topological polar surface area (TPSA) is 57.7 Å². The Balaban J connectivity index is 2.03. The van der Waals surface area contributed by atoms with Crippen LogP contribution in [-0.2, 0) is 15.4 Å². The largest absolute Gasteiger partial charge is 0.336 e. The second-order valence-electron chi connectivity index (χ2n) is 6.92. The predicted octanol–water partition coefficient (Wildman–Crippen LogP) is 2.09. The molecule has 0 atom stereocenters. The fourth-order valence-corrected chi connectivity index (χ4v) is 3.73. The minimum absolute atomic E-state index is 0.0287. The lowest BCUT2D eigenvalue weighted by Gasteiger charge is -2.34. The van der Waals surface area contributed by atoms with E-state index >= 15 is 0 Å². The first-order valence-electron chi connectivity index (χ1n) is 8.03. The molecule has 0 spiro atoms. The molecule has 0 radical (unpaired) electrons. The van der Waals surface area contributed by atoms with Crippen LogP contribution in [0.1, 0.15) is 43.6 Å². The first-order chi connectivity index (χ1) is 10.6. The normalized spacial score (nSPS) is 17.3. The van der Waals surface area contributed by atoms with Gasteiger partial charge < -0.3 is 4.90 Å². The molecule has 0 unspecified atom stereocenters. The number of carbonyl (C=O) groups excluding carboxylic acids is 1. The minimum Gasteiger partial charge on any atom is -0.336 e. The first kappa shape index (κ1) is 17.9. The van der Waals surface area contributed by atoms with Crippen molar-refractivity contribution in [2.45, 2.75) is 33.1 Å². The molecule has 23 heavy (non-hydrogen) atoms. The van der Waals surface area contributed by atoms with E-state index in [2.05, 4.69) is 20.8 Å². The molecule has 2 rings (SSSR count). The van der Waals surface area contributed by atoms with Crippen molar-refractivity contribution < 1.29 is 13.2 Å². The second-order valence-corrected chi connectivity index (χ2v) is 9.18. The maximum Gasteiger partial charge on any atom is 0.253 e. The van der Waals surface area contributed by atoms with Crippen LogP contribution in [-0.4, -0.2) is 55.5 Å². The fraction of sp³-hybridized carbons (Fsp3) is 0.588. The van der Waals surface area contributed by atoms with E-state index in [0.29, 0.717) is 31.7 Å². The van der Waals surface area contributed by atoms with Crippen molar-refractivity contribution >= 4 is 15.9 Å². The maximum atomic E-state index is 12.5. The second kappa shape index (κ2) is 6.61. The zero-order chi connectivity index (χ0) is 17.3. The van der Waals surface area contributed by atoms with E-state index in [0.717, 1.165) is 0 Å². The van der Waals surface area contributed by atoms with Crippen LogP contribution >= 0.6 is 0 Å². The molecule has 0 saturated carbocycles. The first-order valence-corrected chi connectivity index (χ1v) is 9.63. The van der Waals surface area contributed by atoms with Gasteiger partial charge in [-0.3, -0.25) is 4.79 Å². The summed E-state index contributed by atoms with van der Waals surface area (Å²) in [5.41, 5.74) is 1.90. The minimum atomic E-state index is -3.16. The van der Waals surface area contributed by atoms with Gasteiger partial charge in [-0.2, -0.15) is 4.31 Å². The molecule has 1 aliphatic heterocycles. The summed E-state index contributed by atoms with van der Waals surface area (Å²) in [6, 6.07) is 7.70. The highest BCUT2D eigenvalue weighted by molar-refractivity contribution is 7.89. The van der Waals surface area contributed by atoms with Crippen LogP contribution in [0, 0.1) is 0 Å². The van der Waals surface area contributed by atoms with Gasteiger partial charge in [0.1, 0.15) is 0 Å². The van der Waals surface area contributed by atoms with E-state index in [1.807, 2.05) is 24.3 Å². The van der Waals surface area contributed by atoms with Gasteiger partial charge in [0.2, 0.25) is 10.0 Å². The molecule has 1 amide bonds. The Labute approximate surface area is 139 Å². The Morgan fingerprint density at radius 3 is 2.00 bits per heavy atom. The van der Waals surface area contributed by atoms with E-state index in [1.165, 1.54) is 9.87 Å². The van der Waals surface area contributed by atoms with Crippen molar-refractivity contribution in [3.63, 3.8) is 0 Å². The number of amides is 1. The van der Waals surface area contributed by atoms with Gasteiger partial charge in [-0.15, -0.1) is 0 Å². The van der Waals surface area contributed by atoms with Gasteiger partial charge in [-0.05, 0) is 30.0 Å². The van der Waals surface area contributed by atoms with Crippen LogP contribution in [0.3, 0.4) is 0 Å². The molecule has 1 aromatic carbocycles. The van der Waals surface area contributed by atoms with Crippen LogP contribution in [0.5, 0.6) is 0 Å². The van der Waals surface area contributed by atoms with Crippen molar-refractivity contribution in [3.05, 3.63) is 35.4 Å². The molecule has 0 aliphatic carbocycles. The number of sulfonamides is 1. The van der Waals surface area contributed by atoms with Gasteiger partial charge in [-0.1, -0.05) is 32.9 Å². The molecule has 1 aromatic rings. The van der Waals surface area contributed by atoms with Crippen molar-refractivity contribution in [2.75, 3.05) is 31.9 Å². The standard InChI is InChI=1S/C17H26N2O3S/c1-5-23(21,22)19-12-10-18(11-13-19)16(20)14-6-8-15(9-7-14)17(2,3)4/h6-9H,5,10-13H2,1-4H3. The number of nitrogens with zero attached hydrogens (tertiary/aromatic N) is 2. The Morgan fingerprint density at radius 2 is 1.57 bits per heavy atom. The quantitative estimate of drug-likeness (QED) is 0.848. The van der Waals surface area contributed by atoms with Crippen molar-refractivity contribution in [1.29, 1.82) is 0 Å². The summed E-state index contributed by atoms with van der Waals surface area (Å²) in [4.78, 5) is 14.3. The average molecular weight is 338 g/mol. The van der Waals surface area contributed by atoms with E-state index < -0.39 is 10.0 Å². The molecular formula is C17H26N2O3S. The SMILES string of the molecule is CCS(=O)(=O)N1CCN(C(=O)c2ccc(C(C)(C)C)cc2)CC1. The summed E-state index contributed by atoms with van der Waals surface area (Å²) in [7, 11) is -3.16. The van der Waals surface area contributed by atoms with Gasteiger partial charge in [-0.25, -0.2) is 8.42 Å². The molecule has 0 bridgehead atoms. The molecular weight excluding hydrogens is 312 g/mol. The number of hydrogen-bond acceptors (Lipinski definition) is 3. The zero-order valence-electron chi connectivity index (χ0n) is 14.4. The van der Waals surface area contributed by atoms with E-state index in [1.54, 1.807) is 11.8 Å². The fourth-order valence-electron chi connectivity index (χ4n) is 2.65. The molecule has 1 fully saturated rings. The Kier molecular flexibility index (Phi) is 5.16. The monoisotopic (exact) mass is 338 g/mol. The molecule has 6 heteroatoms. The lowest BCUT2D eigenvalue weighted by molar-refractivity contribution is 0.0698. The van der Waals surface area contributed by atoms with Gasteiger partial charge >= 0.3 is 0 Å². The van der Waals surface area contributed by atoms with E-state index in [4.69, 9.17) is 0 Å². The molecule has 0 aromatic heterocycles. The van der Waals surface area contributed by atoms with Crippen LogP contribution in [0.15, 0.2) is 24.3 Å². The van der Waals surface area contributed by atoms with Crippen LogP contribution in [0.4, 0.5) is 0 Å². The Morgan fingerprint density at radius 1 is 1.04 bits per heavy atom. The van der Waals surface area contributed by atoms with Crippen molar-refractivity contribution in [3.8, 4) is 0 Å². The van der Waals surface area contributed by atoms with Gasteiger partial charge in [0, 0.05) is 31.7 Å². The van der Waals surface area contributed by atoms with Crippen molar-refractivity contribution in [1.82, 2.24) is 9.21 Å². The van der Waals surface area contributed by atoms with Gasteiger partial charge in [0.25, 0.3) is 5.91 Å². The van der Waals surface area contributed by atoms with Gasteiger partial charge in [0.05, 0.1) is 5.75 Å². The smallest absolute Gasteiger partial charge is 0.253 e. The summed E-state index contributed by atoms with van der Waals surface area (Å²) >= 11 is 0. The van der Waals surface area contributed by atoms with Crippen molar-refractivity contribution in [2.24, 2.45) is 0 Å². The van der Waals surface area contributed by atoms with E-state index in [-0.39, 0.29) is 17.1 Å². The maximum absolute atomic E-state index is 12.5. The number of benzene rings is 1. The number of hydrogen-bond donors (Lipinski definition) is 0. The van der Waals surface area contributed by atoms with Crippen LogP contribution in [0.25, 0.3) is 0 Å². The zero-order valence-corrected chi connectivity index (χ0v) is 15.2. The highest BCUT2D eigenvalue weighted by Gasteiger charge is 2.28.